The van der Waals surface area contributed by atoms with Crippen LogP contribution in [-0.2, 0) is 0 Å². The smallest absolute Gasteiger partial charge is 0.191 e. The summed E-state index contributed by atoms with van der Waals surface area (Å²) in [6, 6.07) is 4.21. The number of hydrogen-bond donors (Lipinski definition) is 2. The zero-order valence-corrected chi connectivity index (χ0v) is 11.2. The van der Waals surface area contributed by atoms with Crippen LogP contribution in [0.5, 0.6) is 5.75 Å². The highest BCUT2D eigenvalue weighted by molar-refractivity contribution is 5.80. The molecule has 0 aliphatic heterocycles. The normalized spacial score (nSPS) is 15.5. The van der Waals surface area contributed by atoms with Gasteiger partial charge in [-0.3, -0.25) is 9.98 Å². The molecule has 0 saturated carbocycles. The second-order valence-electron chi connectivity index (χ2n) is 4.32. The van der Waals surface area contributed by atoms with Crippen molar-refractivity contribution in [2.45, 2.75) is 18.9 Å². The molecule has 2 N–H and O–H groups in total. The number of rotatable bonds is 5. The van der Waals surface area contributed by atoms with Crippen molar-refractivity contribution in [1.29, 1.82) is 0 Å². The molecule has 0 saturated heterocycles. The van der Waals surface area contributed by atoms with E-state index in [4.69, 9.17) is 4.74 Å². The fourth-order valence-electron chi connectivity index (χ4n) is 1.89. The van der Waals surface area contributed by atoms with Gasteiger partial charge in [0.15, 0.2) is 5.96 Å². The standard InChI is InChI=1S/C14H20N4O/c1-15-14(18-12-5-2-3-6-12)17-9-10-19-13-7-4-8-16-11-13/h2-4,7-8,11-12H,5-6,9-10H2,1H3,(H2,15,17,18). The van der Waals surface area contributed by atoms with Gasteiger partial charge in [-0.2, -0.15) is 0 Å². The third-order valence-corrected chi connectivity index (χ3v) is 2.87. The van der Waals surface area contributed by atoms with Crippen molar-refractivity contribution in [1.82, 2.24) is 15.6 Å². The molecule has 5 nitrogen and oxygen atoms in total. The lowest BCUT2D eigenvalue weighted by atomic mass is 10.2. The Kier molecular flexibility index (Phi) is 5.22. The van der Waals surface area contributed by atoms with Gasteiger partial charge in [-0.1, -0.05) is 12.2 Å². The van der Waals surface area contributed by atoms with E-state index in [-0.39, 0.29) is 0 Å². The van der Waals surface area contributed by atoms with Crippen molar-refractivity contribution >= 4 is 5.96 Å². The van der Waals surface area contributed by atoms with Crippen LogP contribution in [0.1, 0.15) is 12.8 Å². The second kappa shape index (κ2) is 7.41. The summed E-state index contributed by atoms with van der Waals surface area (Å²) >= 11 is 0. The number of hydrogen-bond acceptors (Lipinski definition) is 3. The maximum atomic E-state index is 5.55. The van der Waals surface area contributed by atoms with Crippen LogP contribution in [0.2, 0.25) is 0 Å². The lowest BCUT2D eigenvalue weighted by Gasteiger charge is -2.16. The van der Waals surface area contributed by atoms with Crippen LogP contribution >= 0.6 is 0 Å². The first-order valence-electron chi connectivity index (χ1n) is 6.53. The van der Waals surface area contributed by atoms with Gasteiger partial charge in [0.25, 0.3) is 0 Å². The van der Waals surface area contributed by atoms with E-state index in [0.29, 0.717) is 19.2 Å². The summed E-state index contributed by atoms with van der Waals surface area (Å²) in [5, 5.41) is 6.61. The van der Waals surface area contributed by atoms with E-state index in [1.807, 2.05) is 12.1 Å². The van der Waals surface area contributed by atoms with Gasteiger partial charge in [-0.25, -0.2) is 0 Å². The topological polar surface area (TPSA) is 58.5 Å². The molecular weight excluding hydrogens is 240 g/mol. The quantitative estimate of drug-likeness (QED) is 0.363. The minimum Gasteiger partial charge on any atom is -0.490 e. The number of nitrogens with zero attached hydrogens (tertiary/aromatic N) is 2. The fraction of sp³-hybridized carbons (Fsp3) is 0.429. The molecule has 1 aromatic rings. The maximum Gasteiger partial charge on any atom is 0.191 e. The molecule has 0 radical (unpaired) electrons. The first-order valence-corrected chi connectivity index (χ1v) is 6.53. The Morgan fingerprint density at radius 2 is 2.32 bits per heavy atom. The fourth-order valence-corrected chi connectivity index (χ4v) is 1.89. The van der Waals surface area contributed by atoms with E-state index in [0.717, 1.165) is 24.6 Å². The Hall–Kier alpha value is -2.04. The molecule has 0 atom stereocenters. The van der Waals surface area contributed by atoms with Crippen molar-refractivity contribution in [3.63, 3.8) is 0 Å². The monoisotopic (exact) mass is 260 g/mol. The molecule has 1 aliphatic carbocycles. The number of guanidine groups is 1. The van der Waals surface area contributed by atoms with Crippen LogP contribution < -0.4 is 15.4 Å². The predicted molar refractivity (Wildman–Crippen MR) is 76.4 cm³/mol. The van der Waals surface area contributed by atoms with Gasteiger partial charge in [0.2, 0.25) is 0 Å². The summed E-state index contributed by atoms with van der Waals surface area (Å²) in [6.45, 7) is 1.28. The highest BCUT2D eigenvalue weighted by Gasteiger charge is 2.11. The molecule has 1 heterocycles. The molecule has 2 rings (SSSR count). The second-order valence-corrected chi connectivity index (χ2v) is 4.32. The first-order chi connectivity index (χ1) is 9.38. The minimum atomic E-state index is 0.463. The summed E-state index contributed by atoms with van der Waals surface area (Å²) in [7, 11) is 1.78. The number of pyridine rings is 1. The number of aromatic nitrogens is 1. The summed E-state index contributed by atoms with van der Waals surface area (Å²) in [5.41, 5.74) is 0. The lowest BCUT2D eigenvalue weighted by Crippen LogP contribution is -2.43. The molecule has 1 aliphatic rings. The third kappa shape index (κ3) is 4.62. The zero-order valence-electron chi connectivity index (χ0n) is 11.2. The van der Waals surface area contributed by atoms with Crippen molar-refractivity contribution in [2.75, 3.05) is 20.2 Å². The van der Waals surface area contributed by atoms with E-state index >= 15 is 0 Å². The Morgan fingerprint density at radius 1 is 1.47 bits per heavy atom. The van der Waals surface area contributed by atoms with Gasteiger partial charge in [0, 0.05) is 19.3 Å². The van der Waals surface area contributed by atoms with Crippen LogP contribution in [0.15, 0.2) is 41.7 Å². The summed E-state index contributed by atoms with van der Waals surface area (Å²) in [6.07, 6.45) is 9.94. The van der Waals surface area contributed by atoms with Gasteiger partial charge in [0.05, 0.1) is 12.7 Å². The molecule has 0 fully saturated rings. The molecule has 19 heavy (non-hydrogen) atoms. The average Bonchev–Trinajstić information content (AvgIpc) is 2.96. The average molecular weight is 260 g/mol. The first kappa shape index (κ1) is 13.4. The van der Waals surface area contributed by atoms with Gasteiger partial charge in [0.1, 0.15) is 12.4 Å². The molecule has 0 amide bonds. The van der Waals surface area contributed by atoms with E-state index in [2.05, 4.69) is 32.8 Å². The molecule has 0 unspecified atom stereocenters. The minimum absolute atomic E-state index is 0.463. The molecule has 0 aromatic carbocycles. The SMILES string of the molecule is CN=C(NCCOc1cccnc1)NC1CC=CC1. The highest BCUT2D eigenvalue weighted by atomic mass is 16.5. The summed E-state index contributed by atoms with van der Waals surface area (Å²) in [4.78, 5) is 8.19. The van der Waals surface area contributed by atoms with Gasteiger partial charge < -0.3 is 15.4 Å². The van der Waals surface area contributed by atoms with Gasteiger partial charge in [-0.05, 0) is 25.0 Å². The zero-order chi connectivity index (χ0) is 13.3. The summed E-state index contributed by atoms with van der Waals surface area (Å²) in [5.74, 6) is 1.61. The van der Waals surface area contributed by atoms with E-state index in [9.17, 15) is 0 Å². The van der Waals surface area contributed by atoms with Crippen molar-refractivity contribution < 1.29 is 4.74 Å². The highest BCUT2D eigenvalue weighted by Crippen LogP contribution is 2.08. The largest absolute Gasteiger partial charge is 0.490 e. The summed E-state index contributed by atoms with van der Waals surface area (Å²) < 4.78 is 5.55. The van der Waals surface area contributed by atoms with Gasteiger partial charge in [-0.15, -0.1) is 0 Å². The van der Waals surface area contributed by atoms with Crippen molar-refractivity contribution in [3.05, 3.63) is 36.7 Å². The Labute approximate surface area is 113 Å². The van der Waals surface area contributed by atoms with Crippen LogP contribution in [0.3, 0.4) is 0 Å². The van der Waals surface area contributed by atoms with Crippen molar-refractivity contribution in [2.24, 2.45) is 4.99 Å². The van der Waals surface area contributed by atoms with Crippen LogP contribution in [0.25, 0.3) is 0 Å². The molecular formula is C14H20N4O. The van der Waals surface area contributed by atoms with E-state index in [1.165, 1.54) is 0 Å². The molecule has 1 aromatic heterocycles. The predicted octanol–water partition coefficient (Wildman–Crippen LogP) is 1.34. The Morgan fingerprint density at radius 3 is 3.00 bits per heavy atom. The Balaban J connectivity index is 1.63. The molecule has 0 spiro atoms. The van der Waals surface area contributed by atoms with Crippen LogP contribution in [0.4, 0.5) is 0 Å². The molecule has 102 valence electrons. The Bertz CT molecular complexity index is 422. The number of nitrogens with one attached hydrogen (secondary N) is 2. The molecule has 5 heteroatoms. The number of ether oxygens (including phenoxy) is 1. The number of aliphatic imine (C=N–C) groups is 1. The molecule has 0 bridgehead atoms. The van der Waals surface area contributed by atoms with E-state index in [1.54, 1.807) is 19.4 Å². The van der Waals surface area contributed by atoms with Crippen molar-refractivity contribution in [3.8, 4) is 5.75 Å². The maximum absolute atomic E-state index is 5.55. The lowest BCUT2D eigenvalue weighted by molar-refractivity contribution is 0.320. The van der Waals surface area contributed by atoms with Crippen LogP contribution in [0, 0.1) is 0 Å². The van der Waals surface area contributed by atoms with Crippen LogP contribution in [-0.4, -0.2) is 37.2 Å². The van der Waals surface area contributed by atoms with Gasteiger partial charge >= 0.3 is 0 Å². The third-order valence-electron chi connectivity index (χ3n) is 2.87. The van der Waals surface area contributed by atoms with E-state index < -0.39 is 0 Å².